The van der Waals surface area contributed by atoms with E-state index < -0.39 is 6.04 Å². The number of imide groups is 1. The molecule has 1 saturated heterocycles. The fourth-order valence-corrected chi connectivity index (χ4v) is 3.58. The summed E-state index contributed by atoms with van der Waals surface area (Å²) in [4.78, 5) is 28.9. The molecular formula is C22H25N3O3. The van der Waals surface area contributed by atoms with E-state index in [2.05, 4.69) is 10.2 Å². The number of benzene rings is 2. The van der Waals surface area contributed by atoms with E-state index in [9.17, 15) is 9.59 Å². The van der Waals surface area contributed by atoms with Gasteiger partial charge in [0, 0.05) is 19.0 Å². The van der Waals surface area contributed by atoms with Crippen molar-refractivity contribution >= 4 is 11.9 Å². The quantitative estimate of drug-likeness (QED) is 0.717. The SMILES string of the molecule is COc1ccc(CN(CN2C(=O)N[C@@H](Cc3ccccc3)C2=O)C2CC2)cc1. The van der Waals surface area contributed by atoms with Crippen molar-refractivity contribution in [3.8, 4) is 5.75 Å². The number of urea groups is 1. The monoisotopic (exact) mass is 379 g/mol. The highest BCUT2D eigenvalue weighted by atomic mass is 16.5. The summed E-state index contributed by atoms with van der Waals surface area (Å²) in [5.74, 6) is 0.675. The number of carbonyl (C=O) groups excluding carboxylic acids is 2. The van der Waals surface area contributed by atoms with Crippen LogP contribution in [0.5, 0.6) is 5.75 Å². The first-order valence-corrected chi connectivity index (χ1v) is 9.67. The van der Waals surface area contributed by atoms with Gasteiger partial charge >= 0.3 is 6.03 Å². The molecule has 2 aliphatic rings. The van der Waals surface area contributed by atoms with Crippen LogP contribution in [0.3, 0.4) is 0 Å². The molecule has 3 amide bonds. The third-order valence-corrected chi connectivity index (χ3v) is 5.32. The van der Waals surface area contributed by atoms with E-state index in [0.717, 1.165) is 29.7 Å². The first-order chi connectivity index (χ1) is 13.6. The van der Waals surface area contributed by atoms with Gasteiger partial charge in [-0.2, -0.15) is 0 Å². The molecule has 0 unspecified atom stereocenters. The Morgan fingerprint density at radius 3 is 2.39 bits per heavy atom. The highest BCUT2D eigenvalue weighted by Crippen LogP contribution is 2.29. The van der Waals surface area contributed by atoms with Crippen LogP contribution in [-0.2, 0) is 17.8 Å². The van der Waals surface area contributed by atoms with Crippen molar-refractivity contribution < 1.29 is 14.3 Å². The Morgan fingerprint density at radius 2 is 1.75 bits per heavy atom. The fraction of sp³-hybridized carbons (Fsp3) is 0.364. The molecular weight excluding hydrogens is 354 g/mol. The molecule has 0 radical (unpaired) electrons. The van der Waals surface area contributed by atoms with Gasteiger partial charge in [-0.1, -0.05) is 42.5 Å². The average molecular weight is 379 g/mol. The largest absolute Gasteiger partial charge is 0.497 e. The molecule has 1 atom stereocenters. The Balaban J connectivity index is 1.41. The molecule has 1 heterocycles. The highest BCUT2D eigenvalue weighted by molar-refractivity contribution is 6.04. The van der Waals surface area contributed by atoms with Gasteiger partial charge in [0.05, 0.1) is 13.8 Å². The van der Waals surface area contributed by atoms with Gasteiger partial charge in [0.1, 0.15) is 11.8 Å². The summed E-state index contributed by atoms with van der Waals surface area (Å²) in [6, 6.07) is 17.3. The van der Waals surface area contributed by atoms with Crippen LogP contribution in [0.4, 0.5) is 4.79 Å². The zero-order valence-corrected chi connectivity index (χ0v) is 16.0. The van der Waals surface area contributed by atoms with Crippen LogP contribution >= 0.6 is 0 Å². The third-order valence-electron chi connectivity index (χ3n) is 5.32. The molecule has 0 bridgehead atoms. The van der Waals surface area contributed by atoms with Crippen LogP contribution in [0.25, 0.3) is 0 Å². The van der Waals surface area contributed by atoms with E-state index in [0.29, 0.717) is 25.7 Å². The molecule has 2 aromatic carbocycles. The number of hydrogen-bond acceptors (Lipinski definition) is 4. The normalized spacial score (nSPS) is 19.2. The number of nitrogens with one attached hydrogen (secondary N) is 1. The second kappa shape index (κ2) is 8.02. The lowest BCUT2D eigenvalue weighted by Gasteiger charge is -2.26. The molecule has 1 aliphatic carbocycles. The second-order valence-corrected chi connectivity index (χ2v) is 7.43. The predicted molar refractivity (Wildman–Crippen MR) is 106 cm³/mol. The standard InChI is InChI=1S/C22H25N3O3/c1-28-19-11-7-17(8-12-19)14-24(18-9-10-18)15-25-21(26)20(23-22(25)27)13-16-5-3-2-4-6-16/h2-8,11-12,18,20H,9-10,13-15H2,1H3,(H,23,27)/t20-/m0/s1. The molecule has 1 N–H and O–H groups in total. The predicted octanol–water partition coefficient (Wildman–Crippen LogP) is 2.78. The van der Waals surface area contributed by atoms with Crippen LogP contribution in [0, 0.1) is 0 Å². The Morgan fingerprint density at radius 1 is 1.04 bits per heavy atom. The Kier molecular flexibility index (Phi) is 5.30. The van der Waals surface area contributed by atoms with Gasteiger partial charge in [0.2, 0.25) is 0 Å². The van der Waals surface area contributed by atoms with E-state index >= 15 is 0 Å². The zero-order chi connectivity index (χ0) is 19.5. The highest BCUT2D eigenvalue weighted by Gasteiger charge is 2.40. The van der Waals surface area contributed by atoms with Crippen LogP contribution in [0.1, 0.15) is 24.0 Å². The number of ether oxygens (including phenoxy) is 1. The van der Waals surface area contributed by atoms with Crippen LogP contribution in [-0.4, -0.2) is 47.6 Å². The molecule has 1 saturated carbocycles. The maximum atomic E-state index is 12.8. The van der Waals surface area contributed by atoms with Gasteiger partial charge in [0.15, 0.2) is 0 Å². The minimum absolute atomic E-state index is 0.144. The first kappa shape index (κ1) is 18.5. The summed E-state index contributed by atoms with van der Waals surface area (Å²) >= 11 is 0. The van der Waals surface area contributed by atoms with Gasteiger partial charge in [-0.3, -0.25) is 9.69 Å². The summed E-state index contributed by atoms with van der Waals surface area (Å²) in [7, 11) is 1.65. The number of hydrogen-bond donors (Lipinski definition) is 1. The number of amides is 3. The van der Waals surface area contributed by atoms with E-state index in [1.54, 1.807) is 7.11 Å². The molecule has 146 valence electrons. The van der Waals surface area contributed by atoms with Crippen molar-refractivity contribution in [2.45, 2.75) is 37.9 Å². The topological polar surface area (TPSA) is 61.9 Å². The second-order valence-electron chi connectivity index (χ2n) is 7.43. The molecule has 2 fully saturated rings. The molecule has 6 heteroatoms. The van der Waals surface area contributed by atoms with Crippen molar-refractivity contribution in [3.63, 3.8) is 0 Å². The maximum Gasteiger partial charge on any atom is 0.325 e. The van der Waals surface area contributed by atoms with Crippen molar-refractivity contribution in [2.75, 3.05) is 13.8 Å². The van der Waals surface area contributed by atoms with Crippen LogP contribution in [0.2, 0.25) is 0 Å². The fourth-order valence-electron chi connectivity index (χ4n) is 3.58. The van der Waals surface area contributed by atoms with Crippen molar-refractivity contribution in [3.05, 3.63) is 65.7 Å². The Bertz CT molecular complexity index is 834. The molecule has 0 aromatic heterocycles. The molecule has 28 heavy (non-hydrogen) atoms. The number of nitrogens with zero attached hydrogens (tertiary/aromatic N) is 2. The van der Waals surface area contributed by atoms with Gasteiger partial charge in [-0.25, -0.2) is 9.69 Å². The number of rotatable bonds is 8. The van der Waals surface area contributed by atoms with E-state index in [-0.39, 0.29) is 11.9 Å². The number of methoxy groups -OCH3 is 1. The maximum absolute atomic E-state index is 12.8. The molecule has 6 nitrogen and oxygen atoms in total. The molecule has 1 aliphatic heterocycles. The first-order valence-electron chi connectivity index (χ1n) is 9.67. The van der Waals surface area contributed by atoms with Gasteiger partial charge in [0.25, 0.3) is 5.91 Å². The van der Waals surface area contributed by atoms with Crippen molar-refractivity contribution in [1.29, 1.82) is 0 Å². The Labute approximate surface area is 165 Å². The van der Waals surface area contributed by atoms with Crippen LogP contribution in [0.15, 0.2) is 54.6 Å². The van der Waals surface area contributed by atoms with E-state index in [1.165, 1.54) is 4.90 Å². The minimum atomic E-state index is -0.489. The minimum Gasteiger partial charge on any atom is -0.497 e. The van der Waals surface area contributed by atoms with Gasteiger partial charge in [-0.05, 0) is 36.1 Å². The van der Waals surface area contributed by atoms with Crippen molar-refractivity contribution in [2.24, 2.45) is 0 Å². The smallest absolute Gasteiger partial charge is 0.325 e. The van der Waals surface area contributed by atoms with E-state index in [1.807, 2.05) is 54.6 Å². The lowest BCUT2D eigenvalue weighted by Crippen LogP contribution is -2.42. The van der Waals surface area contributed by atoms with Gasteiger partial charge < -0.3 is 10.1 Å². The summed E-state index contributed by atoms with van der Waals surface area (Å²) in [5.41, 5.74) is 2.18. The van der Waals surface area contributed by atoms with Crippen molar-refractivity contribution in [1.82, 2.24) is 15.1 Å². The molecule has 2 aromatic rings. The average Bonchev–Trinajstić information content (AvgIpc) is 3.53. The lowest BCUT2D eigenvalue weighted by atomic mass is 10.1. The summed E-state index contributed by atoms with van der Waals surface area (Å²) < 4.78 is 5.21. The van der Waals surface area contributed by atoms with Gasteiger partial charge in [-0.15, -0.1) is 0 Å². The number of carbonyl (C=O) groups is 2. The molecule has 0 spiro atoms. The lowest BCUT2D eigenvalue weighted by molar-refractivity contribution is -0.129. The Hall–Kier alpha value is -2.86. The zero-order valence-electron chi connectivity index (χ0n) is 16.0. The summed E-state index contributed by atoms with van der Waals surface area (Å²) in [5, 5.41) is 2.84. The van der Waals surface area contributed by atoms with Crippen LogP contribution < -0.4 is 10.1 Å². The van der Waals surface area contributed by atoms with E-state index in [4.69, 9.17) is 4.74 Å². The third kappa shape index (κ3) is 4.17. The summed E-state index contributed by atoms with van der Waals surface area (Å²) in [6.45, 7) is 1.03. The molecule has 4 rings (SSSR count). The summed E-state index contributed by atoms with van der Waals surface area (Å²) in [6.07, 6.45) is 2.73.